The zero-order valence-electron chi connectivity index (χ0n) is 11.8. The summed E-state index contributed by atoms with van der Waals surface area (Å²) in [7, 11) is 0. The Hall–Kier alpha value is -1.33. The summed E-state index contributed by atoms with van der Waals surface area (Å²) >= 11 is 11.4. The Bertz CT molecular complexity index is 687. The topological polar surface area (TPSA) is 41.0 Å². The first-order chi connectivity index (χ1) is 9.49. The van der Waals surface area contributed by atoms with Crippen LogP contribution in [0.2, 0.25) is 5.02 Å². The van der Waals surface area contributed by atoms with Crippen molar-refractivity contribution in [3.8, 4) is 0 Å². The standard InChI is InChI=1S/C14H18ClN3OS/c1-4-17(5-2)13(19)9(3)18-12-8-10(15)6-7-11(12)16-14(18)20/h6-9H,4-5H2,1-3H3,(H,16,20). The lowest BCUT2D eigenvalue weighted by Crippen LogP contribution is -2.36. The molecule has 0 spiro atoms. The molecule has 1 heterocycles. The normalized spacial score (nSPS) is 12.6. The van der Waals surface area contributed by atoms with Crippen molar-refractivity contribution in [2.24, 2.45) is 0 Å². The van der Waals surface area contributed by atoms with Crippen LogP contribution >= 0.6 is 23.8 Å². The van der Waals surface area contributed by atoms with Crippen molar-refractivity contribution in [3.05, 3.63) is 28.0 Å². The summed E-state index contributed by atoms with van der Waals surface area (Å²) in [4.78, 5) is 17.4. The minimum absolute atomic E-state index is 0.0620. The van der Waals surface area contributed by atoms with Crippen molar-refractivity contribution >= 4 is 40.8 Å². The first-order valence-corrected chi connectivity index (χ1v) is 7.46. The Morgan fingerprint density at radius 3 is 2.70 bits per heavy atom. The summed E-state index contributed by atoms with van der Waals surface area (Å²) in [5.74, 6) is 0.0620. The van der Waals surface area contributed by atoms with E-state index in [1.807, 2.05) is 37.5 Å². The number of aromatic amines is 1. The maximum absolute atomic E-state index is 12.5. The molecule has 108 valence electrons. The number of imidazole rings is 1. The molecule has 1 unspecified atom stereocenters. The van der Waals surface area contributed by atoms with Crippen LogP contribution in [0.25, 0.3) is 11.0 Å². The number of amides is 1. The molecule has 0 saturated carbocycles. The molecule has 4 nitrogen and oxygen atoms in total. The molecular weight excluding hydrogens is 294 g/mol. The molecule has 0 saturated heterocycles. The van der Waals surface area contributed by atoms with Crippen molar-refractivity contribution in [2.45, 2.75) is 26.8 Å². The van der Waals surface area contributed by atoms with Crippen molar-refractivity contribution in [3.63, 3.8) is 0 Å². The molecule has 1 N–H and O–H groups in total. The van der Waals surface area contributed by atoms with Crippen molar-refractivity contribution in [2.75, 3.05) is 13.1 Å². The van der Waals surface area contributed by atoms with E-state index in [0.29, 0.717) is 22.9 Å². The zero-order chi connectivity index (χ0) is 14.9. The van der Waals surface area contributed by atoms with Crippen molar-refractivity contribution in [1.82, 2.24) is 14.5 Å². The summed E-state index contributed by atoms with van der Waals surface area (Å²) in [5.41, 5.74) is 1.74. The van der Waals surface area contributed by atoms with Gasteiger partial charge in [0.05, 0.1) is 11.0 Å². The third-order valence-corrected chi connectivity index (χ3v) is 4.03. The number of hydrogen-bond donors (Lipinski definition) is 1. The largest absolute Gasteiger partial charge is 0.341 e. The summed E-state index contributed by atoms with van der Waals surface area (Å²) in [6.45, 7) is 7.19. The van der Waals surface area contributed by atoms with Crippen LogP contribution in [0.4, 0.5) is 0 Å². The fourth-order valence-electron chi connectivity index (χ4n) is 2.39. The SMILES string of the molecule is CCN(CC)C(=O)C(C)n1c(=S)[nH]c2ccc(Cl)cc21. The van der Waals surface area contributed by atoms with Crippen molar-refractivity contribution < 1.29 is 4.79 Å². The molecule has 6 heteroatoms. The molecule has 2 rings (SSSR count). The third kappa shape index (κ3) is 2.60. The van der Waals surface area contributed by atoms with Crippen LogP contribution in [0.15, 0.2) is 18.2 Å². The maximum atomic E-state index is 12.5. The van der Waals surface area contributed by atoms with Gasteiger partial charge in [0.1, 0.15) is 6.04 Å². The molecule has 1 aromatic heterocycles. The number of halogens is 1. The van der Waals surface area contributed by atoms with Crippen LogP contribution in [0.3, 0.4) is 0 Å². The average molecular weight is 312 g/mol. The fraction of sp³-hybridized carbons (Fsp3) is 0.429. The molecule has 0 bridgehead atoms. The second-order valence-corrected chi connectivity index (χ2v) is 5.47. The van der Waals surface area contributed by atoms with Gasteiger partial charge in [0, 0.05) is 18.1 Å². The van der Waals surface area contributed by atoms with E-state index in [2.05, 4.69) is 4.98 Å². The van der Waals surface area contributed by atoms with Gasteiger partial charge in [-0.2, -0.15) is 0 Å². The van der Waals surface area contributed by atoms with E-state index in [4.69, 9.17) is 23.8 Å². The lowest BCUT2D eigenvalue weighted by Gasteiger charge is -2.24. The second kappa shape index (κ2) is 5.97. The van der Waals surface area contributed by atoms with E-state index < -0.39 is 0 Å². The quantitative estimate of drug-likeness (QED) is 0.873. The number of carbonyl (C=O) groups is 1. The Balaban J connectivity index is 2.51. The summed E-state index contributed by atoms with van der Waals surface area (Å²) in [5, 5.41) is 0.628. The van der Waals surface area contributed by atoms with Gasteiger partial charge in [0.25, 0.3) is 0 Å². The lowest BCUT2D eigenvalue weighted by atomic mass is 10.2. The van der Waals surface area contributed by atoms with Gasteiger partial charge in [-0.25, -0.2) is 0 Å². The number of carbonyl (C=O) groups excluding carboxylic acids is 1. The average Bonchev–Trinajstić information content (AvgIpc) is 2.74. The highest BCUT2D eigenvalue weighted by Gasteiger charge is 2.22. The Morgan fingerprint density at radius 1 is 1.45 bits per heavy atom. The monoisotopic (exact) mass is 311 g/mol. The molecule has 0 radical (unpaired) electrons. The first-order valence-electron chi connectivity index (χ1n) is 6.68. The van der Waals surface area contributed by atoms with Gasteiger partial charge in [0.15, 0.2) is 4.77 Å². The predicted octanol–water partition coefficient (Wildman–Crippen LogP) is 3.78. The van der Waals surface area contributed by atoms with Gasteiger partial charge < -0.3 is 14.5 Å². The van der Waals surface area contributed by atoms with Crippen molar-refractivity contribution in [1.29, 1.82) is 0 Å². The Morgan fingerprint density at radius 2 is 2.10 bits per heavy atom. The van der Waals surface area contributed by atoms with Crippen LogP contribution in [0, 0.1) is 4.77 Å². The number of benzene rings is 1. The first kappa shape index (κ1) is 15.1. The van der Waals surface area contributed by atoms with Gasteiger partial charge in [-0.15, -0.1) is 0 Å². The Labute approximate surface area is 128 Å². The molecule has 0 fully saturated rings. The predicted molar refractivity (Wildman–Crippen MR) is 84.8 cm³/mol. The van der Waals surface area contributed by atoms with Gasteiger partial charge in [0.2, 0.25) is 5.91 Å². The summed E-state index contributed by atoms with van der Waals surface area (Å²) < 4.78 is 2.37. The van der Waals surface area contributed by atoms with Crippen LogP contribution in [0.1, 0.15) is 26.8 Å². The minimum Gasteiger partial charge on any atom is -0.341 e. The van der Waals surface area contributed by atoms with E-state index in [-0.39, 0.29) is 11.9 Å². The fourth-order valence-corrected chi connectivity index (χ4v) is 2.92. The smallest absolute Gasteiger partial charge is 0.245 e. The molecule has 20 heavy (non-hydrogen) atoms. The van der Waals surface area contributed by atoms with Crippen LogP contribution in [-0.2, 0) is 4.79 Å². The number of aromatic nitrogens is 2. The number of rotatable bonds is 4. The molecule has 1 amide bonds. The molecular formula is C14H18ClN3OS. The molecule has 0 aliphatic carbocycles. The Kier molecular flexibility index (Phi) is 4.50. The van der Waals surface area contributed by atoms with Gasteiger partial charge in [-0.1, -0.05) is 11.6 Å². The maximum Gasteiger partial charge on any atom is 0.245 e. The number of nitrogens with zero attached hydrogens (tertiary/aromatic N) is 2. The van der Waals surface area contributed by atoms with E-state index in [1.165, 1.54) is 0 Å². The van der Waals surface area contributed by atoms with E-state index >= 15 is 0 Å². The molecule has 1 aromatic carbocycles. The number of nitrogens with one attached hydrogen (secondary N) is 1. The third-order valence-electron chi connectivity index (χ3n) is 3.50. The molecule has 1 atom stereocenters. The van der Waals surface area contributed by atoms with Crippen LogP contribution in [-0.4, -0.2) is 33.4 Å². The van der Waals surface area contributed by atoms with Gasteiger partial charge in [-0.05, 0) is 51.2 Å². The highest BCUT2D eigenvalue weighted by Crippen LogP contribution is 2.23. The zero-order valence-corrected chi connectivity index (χ0v) is 13.4. The number of likely N-dealkylation sites (N-methyl/N-ethyl adjacent to an activating group) is 1. The molecule has 0 aliphatic rings. The summed E-state index contributed by atoms with van der Waals surface area (Å²) in [6, 6.07) is 5.15. The number of fused-ring (bicyclic) bond motifs is 1. The number of H-pyrrole nitrogens is 1. The van der Waals surface area contributed by atoms with E-state index in [9.17, 15) is 4.79 Å². The highest BCUT2D eigenvalue weighted by atomic mass is 35.5. The van der Waals surface area contributed by atoms with E-state index in [1.54, 1.807) is 11.0 Å². The lowest BCUT2D eigenvalue weighted by molar-refractivity contribution is -0.133. The molecule has 0 aliphatic heterocycles. The van der Waals surface area contributed by atoms with E-state index in [0.717, 1.165) is 11.0 Å². The second-order valence-electron chi connectivity index (χ2n) is 4.65. The number of hydrogen-bond acceptors (Lipinski definition) is 2. The highest BCUT2D eigenvalue weighted by molar-refractivity contribution is 7.71. The minimum atomic E-state index is -0.352. The molecule has 2 aromatic rings. The van der Waals surface area contributed by atoms with Crippen LogP contribution in [0.5, 0.6) is 0 Å². The van der Waals surface area contributed by atoms with Gasteiger partial charge in [-0.3, -0.25) is 4.79 Å². The van der Waals surface area contributed by atoms with Gasteiger partial charge >= 0.3 is 0 Å². The summed E-state index contributed by atoms with van der Waals surface area (Å²) in [6.07, 6.45) is 0. The van der Waals surface area contributed by atoms with Crippen LogP contribution < -0.4 is 0 Å².